The quantitative estimate of drug-likeness (QED) is 0.586. The Morgan fingerprint density at radius 2 is 1.94 bits per heavy atom. The van der Waals surface area contributed by atoms with Crippen molar-refractivity contribution in [2.45, 2.75) is 25.4 Å². The molecule has 172 valence electrons. The molecular weight excluding hydrogens is 446 g/mol. The first-order valence-electron chi connectivity index (χ1n) is 10.8. The molecule has 0 radical (unpaired) electrons. The minimum absolute atomic E-state index is 0.0758. The average molecular weight is 470 g/mol. The number of benzene rings is 2. The van der Waals surface area contributed by atoms with Gasteiger partial charge in [0.15, 0.2) is 17.3 Å². The molecule has 0 bridgehead atoms. The van der Waals surface area contributed by atoms with E-state index in [2.05, 4.69) is 31.6 Å². The van der Waals surface area contributed by atoms with Crippen molar-refractivity contribution in [3.05, 3.63) is 47.0 Å². The van der Waals surface area contributed by atoms with Gasteiger partial charge in [-0.1, -0.05) is 17.7 Å². The average Bonchev–Trinajstić information content (AvgIpc) is 3.28. The van der Waals surface area contributed by atoms with E-state index >= 15 is 0 Å². The third kappa shape index (κ3) is 4.89. The molecule has 1 saturated heterocycles. The Hall–Kier alpha value is -3.30. The van der Waals surface area contributed by atoms with E-state index in [-0.39, 0.29) is 30.6 Å². The van der Waals surface area contributed by atoms with Crippen LogP contribution >= 0.6 is 11.6 Å². The summed E-state index contributed by atoms with van der Waals surface area (Å²) >= 11 is 6.05. The summed E-state index contributed by atoms with van der Waals surface area (Å²) in [6.07, 6.45) is 1.71. The Morgan fingerprint density at radius 3 is 2.76 bits per heavy atom. The van der Waals surface area contributed by atoms with Crippen LogP contribution in [-0.2, 0) is 6.54 Å². The lowest BCUT2D eigenvalue weighted by molar-refractivity contribution is 0.173. The van der Waals surface area contributed by atoms with Gasteiger partial charge in [-0.3, -0.25) is 10.2 Å². The molecule has 2 aliphatic heterocycles. The van der Waals surface area contributed by atoms with E-state index in [0.29, 0.717) is 16.1 Å². The van der Waals surface area contributed by atoms with E-state index in [0.717, 1.165) is 44.0 Å². The minimum Gasteiger partial charge on any atom is -0.478 e. The van der Waals surface area contributed by atoms with Crippen LogP contribution in [0.3, 0.4) is 0 Å². The maximum absolute atomic E-state index is 12.6. The topological polar surface area (TPSA) is 97.8 Å². The van der Waals surface area contributed by atoms with E-state index in [1.807, 2.05) is 12.1 Å². The summed E-state index contributed by atoms with van der Waals surface area (Å²) in [5.74, 6) is 2.10. The molecule has 0 atom stereocenters. The minimum atomic E-state index is -0.335. The number of carbonyl (C=O) groups is 1. The number of anilines is 1. The molecular formula is C23H24ClN5O4. The number of likely N-dealkylation sites (tertiary alicyclic amines) is 1. The van der Waals surface area contributed by atoms with E-state index in [4.69, 9.17) is 25.8 Å². The molecule has 33 heavy (non-hydrogen) atoms. The number of hydrogen-bond acceptors (Lipinski definition) is 7. The van der Waals surface area contributed by atoms with E-state index in [9.17, 15) is 4.79 Å². The van der Waals surface area contributed by atoms with Crippen LogP contribution in [0.5, 0.6) is 17.4 Å². The maximum atomic E-state index is 12.6. The van der Waals surface area contributed by atoms with Crippen LogP contribution in [0.1, 0.15) is 18.4 Å². The van der Waals surface area contributed by atoms with Crippen LogP contribution in [-0.4, -0.2) is 53.9 Å². The van der Waals surface area contributed by atoms with Crippen molar-refractivity contribution in [1.29, 1.82) is 0 Å². The molecule has 2 aliphatic rings. The zero-order valence-corrected chi connectivity index (χ0v) is 18.9. The Bertz CT molecular complexity index is 1180. The summed E-state index contributed by atoms with van der Waals surface area (Å²) in [6.45, 7) is 2.89. The molecule has 1 aromatic heterocycles. The van der Waals surface area contributed by atoms with Gasteiger partial charge in [0.05, 0.1) is 18.1 Å². The lowest BCUT2D eigenvalue weighted by Crippen LogP contribution is -2.45. The molecule has 0 unspecified atom stereocenters. The molecule has 2 aromatic carbocycles. The van der Waals surface area contributed by atoms with E-state index < -0.39 is 0 Å². The number of aromatic nitrogens is 2. The van der Waals surface area contributed by atoms with Crippen molar-refractivity contribution in [2.24, 2.45) is 0 Å². The van der Waals surface area contributed by atoms with E-state index in [1.165, 1.54) is 12.7 Å². The molecule has 0 saturated carbocycles. The van der Waals surface area contributed by atoms with Crippen LogP contribution in [0.2, 0.25) is 5.02 Å². The van der Waals surface area contributed by atoms with Crippen molar-refractivity contribution in [3.8, 4) is 17.4 Å². The van der Waals surface area contributed by atoms with Crippen molar-refractivity contribution >= 4 is 34.5 Å². The van der Waals surface area contributed by atoms with Gasteiger partial charge in [-0.2, -0.15) is 0 Å². The number of nitrogens with one attached hydrogen (secondary N) is 2. The normalized spacial score (nSPS) is 16.1. The first kappa shape index (κ1) is 21.5. The fraction of sp³-hybridized carbons (Fsp3) is 0.348. The summed E-state index contributed by atoms with van der Waals surface area (Å²) < 4.78 is 16.1. The lowest BCUT2D eigenvalue weighted by Gasteiger charge is -2.32. The van der Waals surface area contributed by atoms with Crippen LogP contribution in [0, 0.1) is 0 Å². The first-order valence-corrected chi connectivity index (χ1v) is 11.1. The summed E-state index contributed by atoms with van der Waals surface area (Å²) in [4.78, 5) is 23.8. The second-order valence-electron chi connectivity index (χ2n) is 8.05. The molecule has 2 amide bonds. The number of hydrogen-bond donors (Lipinski definition) is 2. The summed E-state index contributed by atoms with van der Waals surface area (Å²) in [5.41, 5.74) is 2.40. The van der Waals surface area contributed by atoms with Gasteiger partial charge < -0.3 is 19.5 Å². The molecule has 0 spiro atoms. The maximum Gasteiger partial charge on any atom is 0.320 e. The number of nitrogens with zero attached hydrogens (tertiary/aromatic N) is 3. The number of rotatable bonds is 5. The van der Waals surface area contributed by atoms with Crippen LogP contribution in [0.15, 0.2) is 36.4 Å². The van der Waals surface area contributed by atoms with Crippen molar-refractivity contribution in [3.63, 3.8) is 0 Å². The Labute approximate surface area is 196 Å². The highest BCUT2D eigenvalue weighted by atomic mass is 35.5. The van der Waals surface area contributed by atoms with Gasteiger partial charge in [-0.05, 0) is 48.7 Å². The Kier molecular flexibility index (Phi) is 6.06. The largest absolute Gasteiger partial charge is 0.478 e. The summed E-state index contributed by atoms with van der Waals surface area (Å²) in [7, 11) is 1.49. The van der Waals surface area contributed by atoms with E-state index in [1.54, 1.807) is 18.2 Å². The number of fused-ring (bicyclic) bond motifs is 2. The van der Waals surface area contributed by atoms with Gasteiger partial charge in [0, 0.05) is 30.7 Å². The predicted octanol–water partition coefficient (Wildman–Crippen LogP) is 3.81. The molecule has 1 fully saturated rings. The SMILES string of the molecule is COc1nc2ccc(Cl)cc2nc1NC(=O)NC1CCN(Cc2ccc3c(c2)OCO3)CC1. The lowest BCUT2D eigenvalue weighted by atomic mass is 10.0. The fourth-order valence-electron chi connectivity index (χ4n) is 4.10. The molecule has 5 rings (SSSR count). The zero-order chi connectivity index (χ0) is 22.8. The number of piperidine rings is 1. The number of methoxy groups -OCH3 is 1. The molecule has 2 N–H and O–H groups in total. The Morgan fingerprint density at radius 1 is 1.12 bits per heavy atom. The number of halogens is 1. The number of urea groups is 1. The Balaban J connectivity index is 1.15. The molecule has 9 nitrogen and oxygen atoms in total. The zero-order valence-electron chi connectivity index (χ0n) is 18.1. The fourth-order valence-corrected chi connectivity index (χ4v) is 4.26. The second kappa shape index (κ2) is 9.29. The van der Waals surface area contributed by atoms with Gasteiger partial charge >= 0.3 is 6.03 Å². The molecule has 0 aliphatic carbocycles. The smallest absolute Gasteiger partial charge is 0.320 e. The summed E-state index contributed by atoms with van der Waals surface area (Å²) in [5, 5.41) is 6.34. The standard InChI is InChI=1S/C23H24ClN5O4/c1-31-22-21(26-18-11-15(24)3-4-17(18)27-22)28-23(30)25-16-6-8-29(9-7-16)12-14-2-5-19-20(10-14)33-13-32-19/h2-5,10-11,16H,6-9,12-13H2,1H3,(H2,25,26,28,30). The predicted molar refractivity (Wildman–Crippen MR) is 124 cm³/mol. The van der Waals surface area contributed by atoms with Gasteiger partial charge in [0.2, 0.25) is 6.79 Å². The summed E-state index contributed by atoms with van der Waals surface area (Å²) in [6, 6.07) is 11.0. The van der Waals surface area contributed by atoms with Crippen molar-refractivity contribution in [1.82, 2.24) is 20.2 Å². The van der Waals surface area contributed by atoms with Gasteiger partial charge in [-0.25, -0.2) is 14.8 Å². The number of amides is 2. The van der Waals surface area contributed by atoms with Gasteiger partial charge in [-0.15, -0.1) is 0 Å². The van der Waals surface area contributed by atoms with Crippen molar-refractivity contribution in [2.75, 3.05) is 32.3 Å². The highest BCUT2D eigenvalue weighted by molar-refractivity contribution is 6.31. The number of ether oxygens (including phenoxy) is 3. The third-order valence-electron chi connectivity index (χ3n) is 5.79. The van der Waals surface area contributed by atoms with Crippen LogP contribution < -0.4 is 24.8 Å². The van der Waals surface area contributed by atoms with Gasteiger partial charge in [0.1, 0.15) is 0 Å². The number of carbonyl (C=O) groups excluding carboxylic acids is 1. The second-order valence-corrected chi connectivity index (χ2v) is 8.49. The van der Waals surface area contributed by atoms with Gasteiger partial charge in [0.25, 0.3) is 5.88 Å². The molecule has 3 heterocycles. The third-order valence-corrected chi connectivity index (χ3v) is 6.02. The monoisotopic (exact) mass is 469 g/mol. The molecule has 10 heteroatoms. The highest BCUT2D eigenvalue weighted by Crippen LogP contribution is 2.33. The highest BCUT2D eigenvalue weighted by Gasteiger charge is 2.22. The molecule has 3 aromatic rings. The van der Waals surface area contributed by atoms with Crippen molar-refractivity contribution < 1.29 is 19.0 Å². The van der Waals surface area contributed by atoms with Crippen LogP contribution in [0.25, 0.3) is 11.0 Å². The first-order chi connectivity index (χ1) is 16.1. The van der Waals surface area contributed by atoms with Crippen LogP contribution in [0.4, 0.5) is 10.6 Å².